The molecule has 3 aromatic carbocycles. The molecule has 0 fully saturated rings. The monoisotopic (exact) mass is 503 g/mol. The number of benzene rings is 3. The van der Waals surface area contributed by atoms with Crippen LogP contribution in [0.2, 0.25) is 0 Å². The molecule has 0 aromatic heterocycles. The molecular formula is C32H41NO2S. The van der Waals surface area contributed by atoms with E-state index in [1.54, 1.807) is 11.8 Å². The van der Waals surface area contributed by atoms with Gasteiger partial charge >= 0.3 is 5.97 Å². The third-order valence-electron chi connectivity index (χ3n) is 6.73. The molecule has 0 saturated heterocycles. The van der Waals surface area contributed by atoms with E-state index in [4.69, 9.17) is 0 Å². The topological polar surface area (TPSA) is 49.3 Å². The smallest absolute Gasteiger partial charge is 0.321 e. The number of hydrogen-bond acceptors (Lipinski definition) is 3. The van der Waals surface area contributed by atoms with Gasteiger partial charge in [-0.05, 0) is 29.7 Å². The Bertz CT molecular complexity index is 898. The highest BCUT2D eigenvalue weighted by atomic mass is 32.2. The van der Waals surface area contributed by atoms with Crippen LogP contribution in [0.15, 0.2) is 91.0 Å². The SMILES string of the molecule is CCCCCCCCCCN[C@@H](CSC(c1ccccc1)(c1ccccc1)c1ccccc1)C(=O)O. The summed E-state index contributed by atoms with van der Waals surface area (Å²) in [6.45, 7) is 2.98. The van der Waals surface area contributed by atoms with Gasteiger partial charge in [0.15, 0.2) is 0 Å². The number of rotatable bonds is 17. The molecular weight excluding hydrogens is 462 g/mol. The lowest BCUT2D eigenvalue weighted by Gasteiger charge is -2.36. The molecule has 3 nitrogen and oxygen atoms in total. The van der Waals surface area contributed by atoms with Gasteiger partial charge in [0, 0.05) is 5.75 Å². The fourth-order valence-electron chi connectivity index (χ4n) is 4.73. The first-order valence-electron chi connectivity index (χ1n) is 13.4. The van der Waals surface area contributed by atoms with E-state index in [1.165, 1.54) is 38.5 Å². The Kier molecular flexibility index (Phi) is 12.1. The highest BCUT2D eigenvalue weighted by Crippen LogP contribution is 2.48. The number of carbonyl (C=O) groups is 1. The van der Waals surface area contributed by atoms with Crippen molar-refractivity contribution in [2.24, 2.45) is 0 Å². The van der Waals surface area contributed by atoms with Crippen molar-refractivity contribution >= 4 is 17.7 Å². The summed E-state index contributed by atoms with van der Waals surface area (Å²) in [4.78, 5) is 12.2. The molecule has 0 unspecified atom stereocenters. The molecule has 192 valence electrons. The summed E-state index contributed by atoms with van der Waals surface area (Å²) in [7, 11) is 0. The Morgan fingerprint density at radius 3 is 1.56 bits per heavy atom. The largest absolute Gasteiger partial charge is 0.480 e. The standard InChI is InChI=1S/C32H41NO2S/c1-2-3-4-5-6-7-8-18-25-33-30(31(34)35)26-36-32(27-19-12-9-13-20-27,28-21-14-10-15-22-28)29-23-16-11-17-24-29/h9-17,19-24,30,33H,2-8,18,25-26H2,1H3,(H,34,35)/t30-/m0/s1. The first-order chi connectivity index (χ1) is 17.7. The third-order valence-corrected chi connectivity index (χ3v) is 8.37. The van der Waals surface area contributed by atoms with Crippen LogP contribution in [0.1, 0.15) is 75.0 Å². The van der Waals surface area contributed by atoms with Crippen LogP contribution < -0.4 is 5.32 Å². The number of aliphatic carboxylic acids is 1. The summed E-state index contributed by atoms with van der Waals surface area (Å²) in [5.74, 6) is -0.324. The zero-order chi connectivity index (χ0) is 25.5. The van der Waals surface area contributed by atoms with Crippen LogP contribution in [0.3, 0.4) is 0 Å². The van der Waals surface area contributed by atoms with Crippen molar-refractivity contribution in [1.29, 1.82) is 0 Å². The van der Waals surface area contributed by atoms with Crippen LogP contribution in [-0.2, 0) is 9.54 Å². The molecule has 2 N–H and O–H groups in total. The Morgan fingerprint density at radius 1 is 0.722 bits per heavy atom. The van der Waals surface area contributed by atoms with Gasteiger partial charge in [0.25, 0.3) is 0 Å². The maximum absolute atomic E-state index is 12.2. The minimum atomic E-state index is -0.787. The third kappa shape index (κ3) is 7.97. The van der Waals surface area contributed by atoms with Gasteiger partial charge in [-0.15, -0.1) is 11.8 Å². The molecule has 36 heavy (non-hydrogen) atoms. The Hall–Kier alpha value is -2.56. The van der Waals surface area contributed by atoms with E-state index < -0.39 is 16.8 Å². The molecule has 0 spiro atoms. The van der Waals surface area contributed by atoms with E-state index in [1.807, 2.05) is 18.2 Å². The summed E-state index contributed by atoms with van der Waals surface area (Å²) < 4.78 is -0.502. The number of unbranched alkanes of at least 4 members (excludes halogenated alkanes) is 7. The van der Waals surface area contributed by atoms with Crippen molar-refractivity contribution in [2.45, 2.75) is 69.1 Å². The van der Waals surface area contributed by atoms with Crippen LogP contribution in [0, 0.1) is 0 Å². The van der Waals surface area contributed by atoms with Crippen LogP contribution in [0.25, 0.3) is 0 Å². The van der Waals surface area contributed by atoms with Crippen LogP contribution in [0.5, 0.6) is 0 Å². The Labute approximate surface area is 221 Å². The van der Waals surface area contributed by atoms with Gasteiger partial charge in [0.1, 0.15) is 6.04 Å². The lowest BCUT2D eigenvalue weighted by molar-refractivity contribution is -0.138. The maximum Gasteiger partial charge on any atom is 0.321 e. The first kappa shape index (κ1) is 28.0. The van der Waals surface area contributed by atoms with E-state index in [0.717, 1.165) is 36.1 Å². The predicted molar refractivity (Wildman–Crippen MR) is 154 cm³/mol. The molecule has 4 heteroatoms. The van der Waals surface area contributed by atoms with E-state index in [0.29, 0.717) is 5.75 Å². The van der Waals surface area contributed by atoms with Crippen molar-refractivity contribution in [3.8, 4) is 0 Å². The van der Waals surface area contributed by atoms with E-state index in [-0.39, 0.29) is 0 Å². The average molecular weight is 504 g/mol. The molecule has 0 heterocycles. The number of carboxylic acid groups (broad SMARTS) is 1. The van der Waals surface area contributed by atoms with E-state index >= 15 is 0 Å². The minimum absolute atomic E-state index is 0.463. The average Bonchev–Trinajstić information content (AvgIpc) is 2.93. The van der Waals surface area contributed by atoms with Crippen LogP contribution in [-0.4, -0.2) is 29.4 Å². The highest BCUT2D eigenvalue weighted by Gasteiger charge is 2.38. The molecule has 3 aromatic rings. The quantitative estimate of drug-likeness (QED) is 0.145. The second kappa shape index (κ2) is 15.5. The van der Waals surface area contributed by atoms with Crippen molar-refractivity contribution in [3.63, 3.8) is 0 Å². The molecule has 3 rings (SSSR count). The summed E-state index contributed by atoms with van der Waals surface area (Å²) in [6, 6.07) is 30.7. The molecule has 0 bridgehead atoms. The molecule has 0 saturated carbocycles. The molecule has 0 radical (unpaired) electrons. The van der Waals surface area contributed by atoms with Gasteiger partial charge in [-0.2, -0.15) is 0 Å². The van der Waals surface area contributed by atoms with Gasteiger partial charge in [0.05, 0.1) is 4.75 Å². The maximum atomic E-state index is 12.2. The predicted octanol–water partition coefficient (Wildman–Crippen LogP) is 7.90. The van der Waals surface area contributed by atoms with Crippen molar-refractivity contribution in [3.05, 3.63) is 108 Å². The fraction of sp³-hybridized carbons (Fsp3) is 0.406. The van der Waals surface area contributed by atoms with Crippen LogP contribution in [0.4, 0.5) is 0 Å². The number of nitrogens with one attached hydrogen (secondary N) is 1. The second-order valence-electron chi connectivity index (χ2n) is 9.41. The normalized spacial score (nSPS) is 12.4. The Morgan fingerprint density at radius 2 is 1.14 bits per heavy atom. The minimum Gasteiger partial charge on any atom is -0.480 e. The summed E-state index contributed by atoms with van der Waals surface area (Å²) in [5.41, 5.74) is 3.46. The van der Waals surface area contributed by atoms with Gasteiger partial charge in [-0.3, -0.25) is 4.79 Å². The van der Waals surface area contributed by atoms with E-state index in [2.05, 4.69) is 85.0 Å². The van der Waals surface area contributed by atoms with E-state index in [9.17, 15) is 9.90 Å². The summed E-state index contributed by atoms with van der Waals surface area (Å²) >= 11 is 1.70. The zero-order valence-corrected chi connectivity index (χ0v) is 22.4. The van der Waals surface area contributed by atoms with Crippen molar-refractivity contribution in [1.82, 2.24) is 5.32 Å². The van der Waals surface area contributed by atoms with Crippen LogP contribution >= 0.6 is 11.8 Å². The second-order valence-corrected chi connectivity index (χ2v) is 10.6. The Balaban J connectivity index is 1.73. The number of hydrogen-bond donors (Lipinski definition) is 2. The highest BCUT2D eigenvalue weighted by molar-refractivity contribution is 8.00. The van der Waals surface area contributed by atoms with Gasteiger partial charge in [-0.1, -0.05) is 143 Å². The summed E-state index contributed by atoms with van der Waals surface area (Å²) in [6.07, 6.45) is 9.94. The molecule has 1 atom stereocenters. The lowest BCUT2D eigenvalue weighted by atomic mass is 9.84. The lowest BCUT2D eigenvalue weighted by Crippen LogP contribution is -2.41. The zero-order valence-electron chi connectivity index (χ0n) is 21.6. The van der Waals surface area contributed by atoms with Crippen molar-refractivity contribution < 1.29 is 9.90 Å². The molecule has 0 aliphatic carbocycles. The molecule has 0 aliphatic rings. The fourth-order valence-corrected chi connectivity index (χ4v) is 6.31. The van der Waals surface area contributed by atoms with Gasteiger partial charge in [-0.25, -0.2) is 0 Å². The molecule has 0 aliphatic heterocycles. The van der Waals surface area contributed by atoms with Gasteiger partial charge in [0.2, 0.25) is 0 Å². The van der Waals surface area contributed by atoms with Crippen molar-refractivity contribution in [2.75, 3.05) is 12.3 Å². The number of thioether (sulfide) groups is 1. The number of carboxylic acids is 1. The summed E-state index contributed by atoms with van der Waals surface area (Å²) in [5, 5.41) is 13.4. The first-order valence-corrected chi connectivity index (χ1v) is 14.4. The molecule has 0 amide bonds. The van der Waals surface area contributed by atoms with Gasteiger partial charge < -0.3 is 10.4 Å².